The second-order valence-corrected chi connectivity index (χ2v) is 5.05. The quantitative estimate of drug-likeness (QED) is 0.776. The van der Waals surface area contributed by atoms with E-state index in [9.17, 15) is 0 Å². The lowest BCUT2D eigenvalue weighted by molar-refractivity contribution is 0.765. The first-order valence-corrected chi connectivity index (χ1v) is 5.66. The van der Waals surface area contributed by atoms with Gasteiger partial charge in [-0.25, -0.2) is 9.97 Å². The molecular formula is C10H16BrN3. The molecule has 0 aliphatic heterocycles. The fourth-order valence-electron chi connectivity index (χ4n) is 1.09. The van der Waals surface area contributed by atoms with Gasteiger partial charge in [0.1, 0.15) is 0 Å². The van der Waals surface area contributed by atoms with E-state index in [-0.39, 0.29) is 0 Å². The minimum absolute atomic E-state index is 0.537. The minimum Gasteiger partial charge on any atom is -0.344 e. The Morgan fingerprint density at radius 3 is 2.86 bits per heavy atom. The lowest BCUT2D eigenvalue weighted by Gasteiger charge is -2.17. The molecule has 0 bridgehead atoms. The number of halogens is 1. The summed E-state index contributed by atoms with van der Waals surface area (Å²) in [5.74, 6) is 0.804. The molecule has 3 nitrogen and oxygen atoms in total. The monoisotopic (exact) mass is 257 g/mol. The molecule has 0 aromatic carbocycles. The largest absolute Gasteiger partial charge is 0.344 e. The van der Waals surface area contributed by atoms with Crippen molar-refractivity contribution in [3.63, 3.8) is 0 Å². The van der Waals surface area contributed by atoms with Crippen LogP contribution in [0.1, 0.15) is 19.0 Å². The number of hydrogen-bond donors (Lipinski definition) is 0. The van der Waals surface area contributed by atoms with E-state index in [0.29, 0.717) is 4.83 Å². The van der Waals surface area contributed by atoms with E-state index in [2.05, 4.69) is 37.7 Å². The van der Waals surface area contributed by atoms with Crippen LogP contribution in [0.4, 0.5) is 5.95 Å². The molecule has 0 fully saturated rings. The Hall–Kier alpha value is -0.640. The highest BCUT2D eigenvalue weighted by molar-refractivity contribution is 9.09. The normalized spacial score (nSPS) is 12.6. The maximum absolute atomic E-state index is 4.35. The van der Waals surface area contributed by atoms with Crippen LogP contribution in [-0.4, -0.2) is 28.4 Å². The summed E-state index contributed by atoms with van der Waals surface area (Å²) in [4.78, 5) is 11.2. The topological polar surface area (TPSA) is 29.0 Å². The molecule has 1 rings (SSSR count). The summed E-state index contributed by atoms with van der Waals surface area (Å²) in [6, 6.07) is 1.91. The van der Waals surface area contributed by atoms with E-state index in [0.717, 1.165) is 24.6 Å². The van der Waals surface area contributed by atoms with Crippen molar-refractivity contribution in [2.75, 3.05) is 18.5 Å². The van der Waals surface area contributed by atoms with Crippen molar-refractivity contribution in [2.45, 2.75) is 25.1 Å². The second kappa shape index (κ2) is 5.29. The van der Waals surface area contributed by atoms with Gasteiger partial charge in [0.2, 0.25) is 5.95 Å². The first-order chi connectivity index (χ1) is 6.59. The van der Waals surface area contributed by atoms with Gasteiger partial charge in [0.05, 0.1) is 0 Å². The summed E-state index contributed by atoms with van der Waals surface area (Å²) in [5.41, 5.74) is 1.01. The average Bonchev–Trinajstić information content (AvgIpc) is 2.14. The summed E-state index contributed by atoms with van der Waals surface area (Å²) >= 11 is 3.52. The smallest absolute Gasteiger partial charge is 0.225 e. The molecule has 1 aromatic rings. The zero-order chi connectivity index (χ0) is 10.6. The molecule has 0 aliphatic carbocycles. The van der Waals surface area contributed by atoms with Crippen molar-refractivity contribution >= 4 is 21.9 Å². The van der Waals surface area contributed by atoms with Crippen molar-refractivity contribution in [1.82, 2.24) is 9.97 Å². The zero-order valence-electron chi connectivity index (χ0n) is 8.87. The maximum atomic E-state index is 4.35. The summed E-state index contributed by atoms with van der Waals surface area (Å²) < 4.78 is 0. The van der Waals surface area contributed by atoms with Crippen LogP contribution in [0.15, 0.2) is 12.3 Å². The van der Waals surface area contributed by atoms with Crippen LogP contribution in [-0.2, 0) is 0 Å². The van der Waals surface area contributed by atoms with E-state index < -0.39 is 0 Å². The molecule has 0 saturated heterocycles. The van der Waals surface area contributed by atoms with Gasteiger partial charge in [-0.1, -0.05) is 22.9 Å². The predicted octanol–water partition coefficient (Wildman–Crippen LogP) is 2.39. The lowest BCUT2D eigenvalue weighted by Crippen LogP contribution is -2.22. The van der Waals surface area contributed by atoms with Crippen LogP contribution in [0.2, 0.25) is 0 Å². The van der Waals surface area contributed by atoms with E-state index in [1.54, 1.807) is 6.20 Å². The Bertz CT molecular complexity index is 288. The molecule has 0 spiro atoms. The summed E-state index contributed by atoms with van der Waals surface area (Å²) in [6.07, 6.45) is 2.89. The van der Waals surface area contributed by atoms with Crippen LogP contribution in [0.5, 0.6) is 0 Å². The van der Waals surface area contributed by atoms with Crippen LogP contribution >= 0.6 is 15.9 Å². The Balaban J connectivity index is 2.56. The molecule has 14 heavy (non-hydrogen) atoms. The first kappa shape index (κ1) is 11.4. The number of rotatable bonds is 4. The molecule has 0 N–H and O–H groups in total. The van der Waals surface area contributed by atoms with Gasteiger partial charge < -0.3 is 4.90 Å². The van der Waals surface area contributed by atoms with Gasteiger partial charge in [-0.3, -0.25) is 0 Å². The molecule has 78 valence electrons. The predicted molar refractivity (Wildman–Crippen MR) is 63.0 cm³/mol. The van der Waals surface area contributed by atoms with Gasteiger partial charge in [-0.15, -0.1) is 0 Å². The summed E-state index contributed by atoms with van der Waals surface area (Å²) in [5, 5.41) is 0. The molecule has 1 unspecified atom stereocenters. The third-order valence-corrected chi connectivity index (χ3v) is 2.44. The number of aryl methyl sites for hydroxylation is 1. The van der Waals surface area contributed by atoms with Crippen LogP contribution in [0.25, 0.3) is 0 Å². The third kappa shape index (κ3) is 3.62. The number of hydrogen-bond acceptors (Lipinski definition) is 3. The van der Waals surface area contributed by atoms with Crippen LogP contribution in [0.3, 0.4) is 0 Å². The summed E-state index contributed by atoms with van der Waals surface area (Å²) in [6.45, 7) is 5.09. The van der Waals surface area contributed by atoms with Crippen LogP contribution < -0.4 is 4.90 Å². The number of anilines is 1. The SMILES string of the molecule is Cc1ccnc(N(C)CCC(C)Br)n1. The Morgan fingerprint density at radius 2 is 2.29 bits per heavy atom. The van der Waals surface area contributed by atoms with Gasteiger partial charge in [-0.05, 0) is 19.4 Å². The molecule has 1 heterocycles. The Labute approximate surface area is 93.7 Å². The number of alkyl halides is 1. The number of nitrogens with zero attached hydrogens (tertiary/aromatic N) is 3. The number of aromatic nitrogens is 2. The average molecular weight is 258 g/mol. The molecule has 0 aliphatic rings. The molecule has 0 amide bonds. The molecule has 0 saturated carbocycles. The standard InChI is InChI=1S/C10H16BrN3/c1-8(11)5-7-14(3)10-12-6-4-9(2)13-10/h4,6,8H,5,7H2,1-3H3. The zero-order valence-corrected chi connectivity index (χ0v) is 10.5. The minimum atomic E-state index is 0.537. The van der Waals surface area contributed by atoms with Crippen molar-refractivity contribution in [2.24, 2.45) is 0 Å². The fraction of sp³-hybridized carbons (Fsp3) is 0.600. The second-order valence-electron chi connectivity index (χ2n) is 3.49. The maximum Gasteiger partial charge on any atom is 0.225 e. The first-order valence-electron chi connectivity index (χ1n) is 4.74. The molecule has 1 aromatic heterocycles. The lowest BCUT2D eigenvalue weighted by atomic mass is 10.3. The molecule has 4 heteroatoms. The van der Waals surface area contributed by atoms with E-state index in [1.807, 2.05) is 20.0 Å². The van der Waals surface area contributed by atoms with Gasteiger partial charge in [0, 0.05) is 30.3 Å². The van der Waals surface area contributed by atoms with Crippen molar-refractivity contribution in [3.8, 4) is 0 Å². The van der Waals surface area contributed by atoms with Gasteiger partial charge in [0.15, 0.2) is 0 Å². The highest BCUT2D eigenvalue weighted by Crippen LogP contribution is 2.09. The van der Waals surface area contributed by atoms with Gasteiger partial charge >= 0.3 is 0 Å². The van der Waals surface area contributed by atoms with E-state index in [1.165, 1.54) is 0 Å². The van der Waals surface area contributed by atoms with Crippen molar-refractivity contribution in [3.05, 3.63) is 18.0 Å². The van der Waals surface area contributed by atoms with E-state index in [4.69, 9.17) is 0 Å². The Kier molecular flexibility index (Phi) is 4.32. The third-order valence-electron chi connectivity index (χ3n) is 1.99. The van der Waals surface area contributed by atoms with E-state index >= 15 is 0 Å². The van der Waals surface area contributed by atoms with Crippen LogP contribution in [0, 0.1) is 6.92 Å². The van der Waals surface area contributed by atoms with Gasteiger partial charge in [0.25, 0.3) is 0 Å². The van der Waals surface area contributed by atoms with Crippen molar-refractivity contribution in [1.29, 1.82) is 0 Å². The molecular weight excluding hydrogens is 242 g/mol. The highest BCUT2D eigenvalue weighted by atomic mass is 79.9. The van der Waals surface area contributed by atoms with Gasteiger partial charge in [-0.2, -0.15) is 0 Å². The highest BCUT2D eigenvalue weighted by Gasteiger charge is 2.05. The molecule has 0 radical (unpaired) electrons. The summed E-state index contributed by atoms with van der Waals surface area (Å²) in [7, 11) is 2.02. The molecule has 1 atom stereocenters. The Morgan fingerprint density at radius 1 is 1.57 bits per heavy atom. The fourth-order valence-corrected chi connectivity index (χ4v) is 1.30. The van der Waals surface area contributed by atoms with Crippen molar-refractivity contribution < 1.29 is 0 Å².